The lowest BCUT2D eigenvalue weighted by molar-refractivity contribution is 0.0743. The van der Waals surface area contributed by atoms with Crippen molar-refractivity contribution in [2.24, 2.45) is 0 Å². The molecule has 4 heteroatoms. The Morgan fingerprint density at radius 3 is 2.54 bits per heavy atom. The average Bonchev–Trinajstić information content (AvgIpc) is 2.68. The molecule has 1 amide bonds. The van der Waals surface area contributed by atoms with Crippen LogP contribution in [0.5, 0.6) is 5.75 Å². The maximum absolute atomic E-state index is 12.6. The molecule has 26 heavy (non-hydrogen) atoms. The number of allylic oxidation sites excluding steroid dienone is 1. The van der Waals surface area contributed by atoms with Gasteiger partial charge in [0, 0.05) is 24.3 Å². The lowest BCUT2D eigenvalue weighted by Crippen LogP contribution is -2.36. The Labute approximate surface area is 154 Å². The number of hydrogen-bond acceptors (Lipinski definition) is 3. The van der Waals surface area contributed by atoms with Gasteiger partial charge in [0.1, 0.15) is 11.4 Å². The number of nitrogens with zero attached hydrogens (tertiary/aromatic N) is 2. The van der Waals surface area contributed by atoms with Crippen LogP contribution in [0.1, 0.15) is 34.6 Å². The summed E-state index contributed by atoms with van der Waals surface area (Å²) in [5.41, 5.74) is 3.73. The van der Waals surface area contributed by atoms with Gasteiger partial charge in [-0.1, -0.05) is 17.6 Å². The topological polar surface area (TPSA) is 42.4 Å². The predicted molar refractivity (Wildman–Crippen MR) is 102 cm³/mol. The summed E-state index contributed by atoms with van der Waals surface area (Å²) >= 11 is 0. The summed E-state index contributed by atoms with van der Waals surface area (Å²) in [5.74, 6) is 7.00. The molecule has 0 aliphatic carbocycles. The number of aromatic nitrogens is 1. The highest BCUT2D eigenvalue weighted by atomic mass is 16.5. The Morgan fingerprint density at radius 1 is 1.15 bits per heavy atom. The number of carbonyl (C=O) groups excluding carboxylic acids is 1. The molecule has 1 fully saturated rings. The number of ether oxygens (including phenoxy) is 1. The van der Waals surface area contributed by atoms with Crippen molar-refractivity contribution in [3.8, 4) is 17.6 Å². The average molecular weight is 346 g/mol. The SMILES string of the molecule is COc1ccc(C(=O)N2CCC(=CC#Cc3cccc(C)n3)CC2)cc1. The summed E-state index contributed by atoms with van der Waals surface area (Å²) in [6, 6.07) is 13.1. The molecule has 2 aromatic rings. The number of pyridine rings is 1. The van der Waals surface area contributed by atoms with Gasteiger partial charge in [0.25, 0.3) is 5.91 Å². The number of piperidine rings is 1. The minimum Gasteiger partial charge on any atom is -0.497 e. The van der Waals surface area contributed by atoms with Gasteiger partial charge in [-0.15, -0.1) is 0 Å². The maximum Gasteiger partial charge on any atom is 0.253 e. The highest BCUT2D eigenvalue weighted by Gasteiger charge is 2.20. The Bertz CT molecular complexity index is 863. The Morgan fingerprint density at radius 2 is 1.88 bits per heavy atom. The molecular weight excluding hydrogens is 324 g/mol. The molecule has 1 aromatic heterocycles. The van der Waals surface area contributed by atoms with Crippen LogP contribution in [0, 0.1) is 18.8 Å². The molecule has 4 nitrogen and oxygen atoms in total. The van der Waals surface area contributed by atoms with Crippen LogP contribution in [0.2, 0.25) is 0 Å². The van der Waals surface area contributed by atoms with E-state index in [-0.39, 0.29) is 5.91 Å². The second-order valence-corrected chi connectivity index (χ2v) is 6.26. The Balaban J connectivity index is 1.57. The first-order valence-electron chi connectivity index (χ1n) is 8.72. The number of benzene rings is 1. The monoisotopic (exact) mass is 346 g/mol. The summed E-state index contributed by atoms with van der Waals surface area (Å²) in [6.07, 6.45) is 3.69. The van der Waals surface area contributed by atoms with Crippen molar-refractivity contribution in [2.75, 3.05) is 20.2 Å². The van der Waals surface area contributed by atoms with E-state index in [1.807, 2.05) is 60.4 Å². The normalized spacial score (nSPS) is 13.6. The lowest BCUT2D eigenvalue weighted by atomic mass is 10.0. The van der Waals surface area contributed by atoms with E-state index in [1.54, 1.807) is 7.11 Å². The van der Waals surface area contributed by atoms with Crippen molar-refractivity contribution >= 4 is 5.91 Å². The quantitative estimate of drug-likeness (QED) is 0.780. The van der Waals surface area contributed by atoms with Gasteiger partial charge in [-0.2, -0.15) is 0 Å². The third-order valence-corrected chi connectivity index (χ3v) is 4.39. The Hall–Kier alpha value is -3.06. The zero-order valence-electron chi connectivity index (χ0n) is 15.2. The van der Waals surface area contributed by atoms with Crippen LogP contribution in [0.3, 0.4) is 0 Å². The number of amides is 1. The highest BCUT2D eigenvalue weighted by molar-refractivity contribution is 5.94. The molecule has 0 bridgehead atoms. The third-order valence-electron chi connectivity index (χ3n) is 4.39. The maximum atomic E-state index is 12.6. The van der Waals surface area contributed by atoms with E-state index in [0.29, 0.717) is 5.56 Å². The fraction of sp³-hybridized carbons (Fsp3) is 0.273. The minimum atomic E-state index is 0.0711. The summed E-state index contributed by atoms with van der Waals surface area (Å²) in [7, 11) is 1.62. The fourth-order valence-electron chi connectivity index (χ4n) is 2.88. The summed E-state index contributed by atoms with van der Waals surface area (Å²) in [6.45, 7) is 3.40. The van der Waals surface area contributed by atoms with Crippen molar-refractivity contribution in [1.29, 1.82) is 0 Å². The van der Waals surface area contributed by atoms with Gasteiger partial charge in [0.05, 0.1) is 7.11 Å². The lowest BCUT2D eigenvalue weighted by Gasteiger charge is -2.28. The van der Waals surface area contributed by atoms with E-state index in [2.05, 4.69) is 16.8 Å². The number of aryl methyl sites for hydroxylation is 1. The molecule has 2 heterocycles. The summed E-state index contributed by atoms with van der Waals surface area (Å²) in [4.78, 5) is 18.8. The van der Waals surface area contributed by atoms with Crippen molar-refractivity contribution in [3.63, 3.8) is 0 Å². The molecule has 1 aromatic carbocycles. The van der Waals surface area contributed by atoms with Gasteiger partial charge in [-0.25, -0.2) is 4.98 Å². The highest BCUT2D eigenvalue weighted by Crippen LogP contribution is 2.19. The number of carbonyl (C=O) groups is 1. The molecule has 0 atom stereocenters. The molecule has 132 valence electrons. The van der Waals surface area contributed by atoms with Crippen molar-refractivity contribution < 1.29 is 9.53 Å². The standard InChI is InChI=1S/C22H22N2O2/c1-17-5-3-7-20(23-17)8-4-6-18-13-15-24(16-14-18)22(25)19-9-11-21(26-2)12-10-19/h3,5-7,9-12H,13-16H2,1-2H3. The molecular formula is C22H22N2O2. The molecule has 1 aliphatic rings. The van der Waals surface area contributed by atoms with Crippen molar-refractivity contribution in [2.45, 2.75) is 19.8 Å². The van der Waals surface area contributed by atoms with Gasteiger partial charge in [0.15, 0.2) is 0 Å². The first-order chi connectivity index (χ1) is 12.7. The predicted octanol–water partition coefficient (Wildman–Crippen LogP) is 3.61. The number of hydrogen-bond donors (Lipinski definition) is 0. The Kier molecular flexibility index (Phi) is 5.70. The van der Waals surface area contributed by atoms with E-state index in [4.69, 9.17) is 4.74 Å². The molecule has 0 N–H and O–H groups in total. The molecule has 1 aliphatic heterocycles. The van der Waals surface area contributed by atoms with Crippen LogP contribution in [-0.2, 0) is 0 Å². The summed E-state index contributed by atoms with van der Waals surface area (Å²) in [5, 5.41) is 0. The molecule has 0 saturated carbocycles. The second-order valence-electron chi connectivity index (χ2n) is 6.26. The third kappa shape index (κ3) is 4.52. The first-order valence-corrected chi connectivity index (χ1v) is 8.72. The molecule has 1 saturated heterocycles. The smallest absolute Gasteiger partial charge is 0.253 e. The van der Waals surface area contributed by atoms with E-state index in [0.717, 1.165) is 43.1 Å². The van der Waals surface area contributed by atoms with E-state index < -0.39 is 0 Å². The summed E-state index contributed by atoms with van der Waals surface area (Å²) < 4.78 is 5.13. The van der Waals surface area contributed by atoms with Gasteiger partial charge in [-0.3, -0.25) is 4.79 Å². The van der Waals surface area contributed by atoms with Crippen LogP contribution in [0.15, 0.2) is 54.1 Å². The van der Waals surface area contributed by atoms with Crippen molar-refractivity contribution in [3.05, 3.63) is 71.1 Å². The van der Waals surface area contributed by atoms with Crippen LogP contribution in [0.25, 0.3) is 0 Å². The second kappa shape index (κ2) is 8.35. The zero-order valence-corrected chi connectivity index (χ0v) is 15.2. The first kappa shape index (κ1) is 17.8. The molecule has 0 radical (unpaired) electrons. The molecule has 0 spiro atoms. The zero-order chi connectivity index (χ0) is 18.4. The van der Waals surface area contributed by atoms with Crippen LogP contribution in [-0.4, -0.2) is 36.0 Å². The van der Waals surface area contributed by atoms with Gasteiger partial charge in [0.2, 0.25) is 0 Å². The van der Waals surface area contributed by atoms with E-state index in [9.17, 15) is 4.79 Å². The van der Waals surface area contributed by atoms with Crippen molar-refractivity contribution in [1.82, 2.24) is 9.88 Å². The number of rotatable bonds is 2. The van der Waals surface area contributed by atoms with Gasteiger partial charge >= 0.3 is 0 Å². The molecule has 3 rings (SSSR count). The minimum absolute atomic E-state index is 0.0711. The van der Waals surface area contributed by atoms with Crippen LogP contribution >= 0.6 is 0 Å². The number of methoxy groups -OCH3 is 1. The van der Waals surface area contributed by atoms with Crippen LogP contribution < -0.4 is 4.74 Å². The van der Waals surface area contributed by atoms with E-state index in [1.165, 1.54) is 5.57 Å². The van der Waals surface area contributed by atoms with Gasteiger partial charge in [-0.05, 0) is 68.2 Å². The van der Waals surface area contributed by atoms with Gasteiger partial charge < -0.3 is 9.64 Å². The number of likely N-dealkylation sites (tertiary alicyclic amines) is 1. The molecule has 0 unspecified atom stereocenters. The largest absolute Gasteiger partial charge is 0.497 e. The van der Waals surface area contributed by atoms with E-state index >= 15 is 0 Å². The van der Waals surface area contributed by atoms with Crippen LogP contribution in [0.4, 0.5) is 0 Å². The fourth-order valence-corrected chi connectivity index (χ4v) is 2.88.